The van der Waals surface area contributed by atoms with Crippen molar-refractivity contribution in [1.82, 2.24) is 0 Å². The molecule has 0 fully saturated rings. The quantitative estimate of drug-likeness (QED) is 0.596. The first-order valence-corrected chi connectivity index (χ1v) is 8.47. The minimum absolute atomic E-state index is 0.266. The van der Waals surface area contributed by atoms with E-state index in [0.29, 0.717) is 23.5 Å². The Kier molecular flexibility index (Phi) is 5.32. The van der Waals surface area contributed by atoms with Gasteiger partial charge in [-0.15, -0.1) is 0 Å². The molecule has 0 spiro atoms. The highest BCUT2D eigenvalue weighted by atomic mass is 16.5. The molecule has 1 unspecified atom stereocenters. The van der Waals surface area contributed by atoms with E-state index in [0.717, 1.165) is 11.1 Å². The number of hydrogen-bond donors (Lipinski definition) is 0. The van der Waals surface area contributed by atoms with E-state index < -0.39 is 5.97 Å². The first-order chi connectivity index (χ1) is 12.5. The van der Waals surface area contributed by atoms with Gasteiger partial charge in [0, 0.05) is 0 Å². The van der Waals surface area contributed by atoms with Crippen molar-refractivity contribution in [2.45, 2.75) is 20.3 Å². The standard InChI is InChI=1S/C22H20O4/c1-15-3-7-17(8-4-15)21(23)25-19-11-13-20(14-12-19)26-22(24)18-9-5-16(2)6-10-18/h3-9,11-14,18H,10H2,1-2H3. The summed E-state index contributed by atoms with van der Waals surface area (Å²) in [5.74, 6) is -0.173. The van der Waals surface area contributed by atoms with Crippen LogP contribution in [0.25, 0.3) is 0 Å². The van der Waals surface area contributed by atoms with Gasteiger partial charge >= 0.3 is 11.9 Å². The summed E-state index contributed by atoms with van der Waals surface area (Å²) in [5, 5.41) is 0. The molecule has 4 heteroatoms. The second kappa shape index (κ2) is 7.83. The highest BCUT2D eigenvalue weighted by molar-refractivity contribution is 5.91. The molecule has 3 rings (SSSR count). The van der Waals surface area contributed by atoms with Gasteiger partial charge in [0.25, 0.3) is 0 Å². The lowest BCUT2D eigenvalue weighted by Gasteiger charge is -2.14. The molecule has 0 aliphatic heterocycles. The lowest BCUT2D eigenvalue weighted by atomic mass is 9.98. The molecule has 2 aromatic carbocycles. The number of carbonyl (C=O) groups is 2. The number of rotatable bonds is 4. The number of esters is 2. The average Bonchev–Trinajstić information content (AvgIpc) is 2.64. The van der Waals surface area contributed by atoms with Gasteiger partial charge in [-0.3, -0.25) is 4.79 Å². The maximum atomic E-state index is 12.2. The molecule has 1 aliphatic rings. The van der Waals surface area contributed by atoms with Crippen molar-refractivity contribution < 1.29 is 19.1 Å². The van der Waals surface area contributed by atoms with Gasteiger partial charge in [-0.2, -0.15) is 0 Å². The fourth-order valence-electron chi connectivity index (χ4n) is 2.53. The summed E-state index contributed by atoms with van der Waals surface area (Å²) < 4.78 is 10.7. The Balaban J connectivity index is 1.58. The van der Waals surface area contributed by atoms with Crippen LogP contribution in [-0.2, 0) is 4.79 Å². The van der Waals surface area contributed by atoms with E-state index in [-0.39, 0.29) is 11.9 Å². The van der Waals surface area contributed by atoms with Crippen molar-refractivity contribution >= 4 is 11.9 Å². The third kappa shape index (κ3) is 4.48. The fraction of sp³-hybridized carbons (Fsp3) is 0.182. The molecule has 0 saturated heterocycles. The lowest BCUT2D eigenvalue weighted by Crippen LogP contribution is -2.19. The van der Waals surface area contributed by atoms with Crippen LogP contribution >= 0.6 is 0 Å². The van der Waals surface area contributed by atoms with Crippen molar-refractivity contribution in [3.05, 3.63) is 83.5 Å². The van der Waals surface area contributed by atoms with Gasteiger partial charge in [0.15, 0.2) is 0 Å². The number of carbonyl (C=O) groups excluding carboxylic acids is 2. The topological polar surface area (TPSA) is 52.6 Å². The lowest BCUT2D eigenvalue weighted by molar-refractivity contribution is -0.137. The van der Waals surface area contributed by atoms with Crippen molar-refractivity contribution in [1.29, 1.82) is 0 Å². The fourth-order valence-corrected chi connectivity index (χ4v) is 2.53. The Labute approximate surface area is 152 Å². The molecular weight excluding hydrogens is 328 g/mol. The number of hydrogen-bond acceptors (Lipinski definition) is 4. The average molecular weight is 348 g/mol. The zero-order chi connectivity index (χ0) is 18.5. The molecule has 1 atom stereocenters. The van der Waals surface area contributed by atoms with Gasteiger partial charge in [0.2, 0.25) is 0 Å². The number of aryl methyl sites for hydroxylation is 1. The van der Waals surface area contributed by atoms with Gasteiger partial charge in [-0.05, 0) is 56.7 Å². The monoisotopic (exact) mass is 348 g/mol. The van der Waals surface area contributed by atoms with Crippen LogP contribution < -0.4 is 9.47 Å². The van der Waals surface area contributed by atoms with E-state index in [9.17, 15) is 9.59 Å². The number of benzene rings is 2. The third-order valence-corrected chi connectivity index (χ3v) is 4.13. The highest BCUT2D eigenvalue weighted by Crippen LogP contribution is 2.22. The zero-order valence-corrected chi connectivity index (χ0v) is 14.8. The van der Waals surface area contributed by atoms with Gasteiger partial charge in [0.1, 0.15) is 11.5 Å². The Morgan fingerprint density at radius 3 is 2.08 bits per heavy atom. The van der Waals surface area contributed by atoms with Gasteiger partial charge in [0.05, 0.1) is 11.5 Å². The second-order valence-electron chi connectivity index (χ2n) is 6.30. The van der Waals surface area contributed by atoms with E-state index in [1.165, 1.54) is 0 Å². The van der Waals surface area contributed by atoms with Crippen molar-refractivity contribution in [3.8, 4) is 11.5 Å². The molecule has 0 aromatic heterocycles. The van der Waals surface area contributed by atoms with Crippen LogP contribution in [0, 0.1) is 12.8 Å². The van der Waals surface area contributed by atoms with Crippen molar-refractivity contribution in [3.63, 3.8) is 0 Å². The van der Waals surface area contributed by atoms with Crippen molar-refractivity contribution in [2.75, 3.05) is 0 Å². The Morgan fingerprint density at radius 2 is 1.50 bits per heavy atom. The molecule has 0 amide bonds. The molecular formula is C22H20O4. The van der Waals surface area contributed by atoms with E-state index in [1.54, 1.807) is 36.4 Å². The van der Waals surface area contributed by atoms with Crippen LogP contribution in [0.3, 0.4) is 0 Å². The molecule has 132 valence electrons. The molecule has 2 aromatic rings. The van der Waals surface area contributed by atoms with E-state index >= 15 is 0 Å². The van der Waals surface area contributed by atoms with Crippen LogP contribution in [0.15, 0.2) is 72.3 Å². The summed E-state index contributed by atoms with van der Waals surface area (Å²) in [6.07, 6.45) is 6.44. The SMILES string of the molecule is CC1=CCC(C(=O)Oc2ccc(OC(=O)c3ccc(C)cc3)cc2)C=C1. The van der Waals surface area contributed by atoms with Gasteiger partial charge < -0.3 is 9.47 Å². The summed E-state index contributed by atoms with van der Waals surface area (Å²) in [4.78, 5) is 24.3. The summed E-state index contributed by atoms with van der Waals surface area (Å²) in [7, 11) is 0. The summed E-state index contributed by atoms with van der Waals surface area (Å²) in [5.41, 5.74) is 2.71. The smallest absolute Gasteiger partial charge is 0.343 e. The first-order valence-electron chi connectivity index (χ1n) is 8.47. The minimum Gasteiger partial charge on any atom is -0.426 e. The second-order valence-corrected chi connectivity index (χ2v) is 6.30. The van der Waals surface area contributed by atoms with Crippen LogP contribution in [0.1, 0.15) is 29.3 Å². The van der Waals surface area contributed by atoms with E-state index in [2.05, 4.69) is 0 Å². The predicted molar refractivity (Wildman–Crippen MR) is 99.2 cm³/mol. The Hall–Kier alpha value is -3.14. The number of allylic oxidation sites excluding steroid dienone is 3. The number of ether oxygens (including phenoxy) is 2. The van der Waals surface area contributed by atoms with Crippen LogP contribution in [0.5, 0.6) is 11.5 Å². The zero-order valence-electron chi connectivity index (χ0n) is 14.8. The molecule has 0 saturated carbocycles. The van der Waals surface area contributed by atoms with E-state index in [1.807, 2.05) is 44.2 Å². The van der Waals surface area contributed by atoms with Gasteiger partial charge in [-0.25, -0.2) is 4.79 Å². The minimum atomic E-state index is -0.427. The molecule has 26 heavy (non-hydrogen) atoms. The normalized spacial score (nSPS) is 15.9. The van der Waals surface area contributed by atoms with Crippen LogP contribution in [-0.4, -0.2) is 11.9 Å². The summed E-state index contributed by atoms with van der Waals surface area (Å²) in [6.45, 7) is 3.95. The predicted octanol–water partition coefficient (Wildman–Crippen LogP) is 4.64. The molecule has 4 nitrogen and oxygen atoms in total. The Bertz CT molecular complexity index is 858. The van der Waals surface area contributed by atoms with Gasteiger partial charge in [-0.1, -0.05) is 41.5 Å². The highest BCUT2D eigenvalue weighted by Gasteiger charge is 2.19. The third-order valence-electron chi connectivity index (χ3n) is 4.13. The molecule has 0 heterocycles. The van der Waals surface area contributed by atoms with Crippen molar-refractivity contribution in [2.24, 2.45) is 5.92 Å². The Morgan fingerprint density at radius 1 is 0.885 bits per heavy atom. The maximum absolute atomic E-state index is 12.2. The molecule has 0 bridgehead atoms. The maximum Gasteiger partial charge on any atom is 0.343 e. The summed E-state index contributed by atoms with van der Waals surface area (Å²) >= 11 is 0. The van der Waals surface area contributed by atoms with Crippen LogP contribution in [0.4, 0.5) is 0 Å². The molecule has 1 aliphatic carbocycles. The largest absolute Gasteiger partial charge is 0.426 e. The van der Waals surface area contributed by atoms with E-state index in [4.69, 9.17) is 9.47 Å². The molecule has 0 N–H and O–H groups in total. The summed E-state index contributed by atoms with van der Waals surface area (Å²) in [6, 6.07) is 13.6. The van der Waals surface area contributed by atoms with Crippen LogP contribution in [0.2, 0.25) is 0 Å². The first kappa shape index (κ1) is 17.7. The molecule has 0 radical (unpaired) electrons.